The molecule has 0 aliphatic carbocycles. The van der Waals surface area contributed by atoms with Gasteiger partial charge in [-0.25, -0.2) is 9.78 Å². The fraction of sp³-hybridized carbons (Fsp3) is 0. The molecule has 3 aromatic rings. The summed E-state index contributed by atoms with van der Waals surface area (Å²) in [5.41, 5.74) is 2.09. The molecule has 0 saturated heterocycles. The summed E-state index contributed by atoms with van der Waals surface area (Å²) in [5.74, 6) is -0.990. The Labute approximate surface area is 151 Å². The van der Waals surface area contributed by atoms with Crippen LogP contribution in [-0.4, -0.2) is 22.3 Å². The van der Waals surface area contributed by atoms with Crippen molar-refractivity contribution in [3.63, 3.8) is 0 Å². The topological polar surface area (TPSA) is 62.5 Å². The van der Waals surface area contributed by atoms with E-state index in [4.69, 9.17) is 5.11 Å². The first-order valence-corrected chi connectivity index (χ1v) is 7.32. The van der Waals surface area contributed by atoms with Crippen molar-refractivity contribution in [3.8, 4) is 0 Å². The number of carboxylic acids is 1. The van der Waals surface area contributed by atoms with Gasteiger partial charge in [-0.1, -0.05) is 29.6 Å². The molecule has 4 nitrogen and oxygen atoms in total. The number of carbonyl (C=O) groups is 1. The normalized spacial score (nSPS) is 9.57. The second-order valence-corrected chi connectivity index (χ2v) is 4.80. The Kier molecular flexibility index (Phi) is 8.68. The zero-order valence-electron chi connectivity index (χ0n) is 11.9. The van der Waals surface area contributed by atoms with Gasteiger partial charge in [0.25, 0.3) is 0 Å². The summed E-state index contributed by atoms with van der Waals surface area (Å²) in [6.07, 6.45) is 3.27. The summed E-state index contributed by atoms with van der Waals surface area (Å²) in [5, 5.41) is 13.4. The first kappa shape index (κ1) is 18.9. The van der Waals surface area contributed by atoms with E-state index in [0.717, 1.165) is 11.3 Å². The van der Waals surface area contributed by atoms with Crippen LogP contribution in [0.3, 0.4) is 0 Å². The van der Waals surface area contributed by atoms with Crippen molar-refractivity contribution in [1.82, 2.24) is 4.98 Å². The van der Waals surface area contributed by atoms with E-state index in [1.54, 1.807) is 23.5 Å². The molecule has 0 fully saturated rings. The van der Waals surface area contributed by atoms with E-state index < -0.39 is 5.97 Å². The summed E-state index contributed by atoms with van der Waals surface area (Å²) in [4.78, 5) is 18.0. The standard InChI is InChI=1S/C11H8NS.C6H5NO2.Ir/c1-2-4-11(5-3-1)12-8-10-6-7-13-9-10;8-6(9)5-3-1-2-4-7-5;/h1-8H;1-4H,(H,8,9);/q-1;;. The molecule has 2 heterocycles. The number of hydrogen-bond donors (Lipinski definition) is 1. The van der Waals surface area contributed by atoms with Gasteiger partial charge in [0, 0.05) is 26.3 Å². The predicted molar refractivity (Wildman–Crippen MR) is 88.0 cm³/mol. The molecule has 23 heavy (non-hydrogen) atoms. The molecule has 0 unspecified atom stereocenters. The maximum Gasteiger partial charge on any atom is 0.354 e. The van der Waals surface area contributed by atoms with E-state index in [1.165, 1.54) is 12.3 Å². The van der Waals surface area contributed by atoms with E-state index in [0.29, 0.717) is 0 Å². The molecule has 6 heteroatoms. The van der Waals surface area contributed by atoms with Gasteiger partial charge in [-0.2, -0.15) is 6.07 Å². The monoisotopic (exact) mass is 502 g/mol. The van der Waals surface area contributed by atoms with E-state index in [1.807, 2.05) is 48.0 Å². The largest absolute Gasteiger partial charge is 0.477 e. The van der Waals surface area contributed by atoms with Crippen LogP contribution in [0.25, 0.3) is 0 Å². The molecular formula is C17H13IrN2O2S-. The van der Waals surface area contributed by atoms with Crippen molar-refractivity contribution in [2.45, 2.75) is 0 Å². The molecule has 2 aromatic heterocycles. The third-order valence-corrected chi connectivity index (χ3v) is 3.11. The van der Waals surface area contributed by atoms with Crippen molar-refractivity contribution < 1.29 is 30.0 Å². The van der Waals surface area contributed by atoms with Gasteiger partial charge in [-0.05, 0) is 30.5 Å². The minimum Gasteiger partial charge on any atom is -0.477 e. The second-order valence-electron chi connectivity index (χ2n) is 4.09. The van der Waals surface area contributed by atoms with Gasteiger partial charge in [0.05, 0.1) is 5.69 Å². The number of pyridine rings is 1. The van der Waals surface area contributed by atoms with Gasteiger partial charge in [0.2, 0.25) is 0 Å². The smallest absolute Gasteiger partial charge is 0.354 e. The van der Waals surface area contributed by atoms with Crippen molar-refractivity contribution in [2.75, 3.05) is 0 Å². The number of aromatic carboxylic acids is 1. The summed E-state index contributed by atoms with van der Waals surface area (Å²) >= 11 is 1.56. The fourth-order valence-electron chi connectivity index (χ4n) is 1.46. The Hall–Kier alpha value is -2.14. The summed E-state index contributed by atoms with van der Waals surface area (Å²) < 4.78 is 0. The molecule has 1 aromatic carbocycles. The van der Waals surface area contributed by atoms with Gasteiger partial charge >= 0.3 is 5.97 Å². The Balaban J connectivity index is 0.000000235. The van der Waals surface area contributed by atoms with Crippen molar-refractivity contribution in [1.29, 1.82) is 0 Å². The Morgan fingerprint density at radius 1 is 1.13 bits per heavy atom. The van der Waals surface area contributed by atoms with Gasteiger partial charge in [0.1, 0.15) is 5.69 Å². The molecule has 0 aliphatic heterocycles. The zero-order valence-corrected chi connectivity index (χ0v) is 15.1. The van der Waals surface area contributed by atoms with Crippen LogP contribution >= 0.6 is 11.3 Å². The fourth-order valence-corrected chi connectivity index (χ4v) is 2.00. The van der Waals surface area contributed by atoms with Crippen LogP contribution in [0, 0.1) is 5.38 Å². The van der Waals surface area contributed by atoms with E-state index in [-0.39, 0.29) is 25.8 Å². The number of aromatic nitrogens is 1. The summed E-state index contributed by atoms with van der Waals surface area (Å²) in [6.45, 7) is 0. The van der Waals surface area contributed by atoms with Crippen LogP contribution in [0.15, 0.2) is 71.2 Å². The van der Waals surface area contributed by atoms with Crippen LogP contribution in [0.2, 0.25) is 0 Å². The number of aliphatic imine (C=N–C) groups is 1. The molecule has 0 aliphatic rings. The van der Waals surface area contributed by atoms with Crippen LogP contribution in [0.5, 0.6) is 0 Å². The number of hydrogen-bond acceptors (Lipinski definition) is 4. The third kappa shape index (κ3) is 7.10. The zero-order chi connectivity index (χ0) is 15.6. The number of rotatable bonds is 3. The quantitative estimate of drug-likeness (QED) is 0.435. The van der Waals surface area contributed by atoms with Crippen LogP contribution in [0.4, 0.5) is 5.69 Å². The molecule has 0 saturated carbocycles. The molecule has 0 spiro atoms. The SMILES string of the molecule is O=C(O)c1ccccn1.[Ir].[c-]1sccc1C=Nc1ccccc1. The van der Waals surface area contributed by atoms with E-state index in [2.05, 4.69) is 15.4 Å². The van der Waals surface area contributed by atoms with Crippen LogP contribution in [-0.2, 0) is 20.1 Å². The minimum atomic E-state index is -0.990. The number of para-hydroxylation sites is 1. The second kappa shape index (κ2) is 10.6. The molecule has 0 amide bonds. The van der Waals surface area contributed by atoms with E-state index >= 15 is 0 Å². The summed E-state index contributed by atoms with van der Waals surface area (Å²) in [6, 6.07) is 16.6. The maximum absolute atomic E-state index is 10.1. The van der Waals surface area contributed by atoms with Crippen molar-refractivity contribution >= 4 is 29.2 Å². The third-order valence-electron chi connectivity index (χ3n) is 2.49. The van der Waals surface area contributed by atoms with Gasteiger partial charge < -0.3 is 10.1 Å². The Bertz CT molecular complexity index is 717. The number of thiophene rings is 1. The first-order valence-electron chi connectivity index (χ1n) is 6.44. The Morgan fingerprint density at radius 3 is 2.39 bits per heavy atom. The molecule has 1 radical (unpaired) electrons. The predicted octanol–water partition coefficient (Wildman–Crippen LogP) is 4.08. The number of nitrogens with zero attached hydrogens (tertiary/aromatic N) is 2. The maximum atomic E-state index is 10.1. The summed E-state index contributed by atoms with van der Waals surface area (Å²) in [7, 11) is 0. The molecule has 0 atom stereocenters. The van der Waals surface area contributed by atoms with E-state index in [9.17, 15) is 4.79 Å². The molecule has 0 bridgehead atoms. The van der Waals surface area contributed by atoms with Gasteiger partial charge in [-0.15, -0.1) is 10.9 Å². The van der Waals surface area contributed by atoms with Crippen LogP contribution < -0.4 is 0 Å². The average molecular weight is 502 g/mol. The van der Waals surface area contributed by atoms with Gasteiger partial charge in [0.15, 0.2) is 0 Å². The average Bonchev–Trinajstić information content (AvgIpc) is 3.09. The minimum absolute atomic E-state index is 0. The molecule has 1 N–H and O–H groups in total. The van der Waals surface area contributed by atoms with Crippen LogP contribution in [0.1, 0.15) is 16.1 Å². The van der Waals surface area contributed by atoms with Gasteiger partial charge in [-0.3, -0.25) is 11.3 Å². The molecular weight excluding hydrogens is 488 g/mol. The molecule has 3 rings (SSSR count). The van der Waals surface area contributed by atoms with Crippen molar-refractivity contribution in [2.24, 2.45) is 4.99 Å². The first-order chi connectivity index (χ1) is 10.8. The Morgan fingerprint density at radius 2 is 1.87 bits per heavy atom. The molecule has 119 valence electrons. The van der Waals surface area contributed by atoms with Crippen molar-refractivity contribution in [3.05, 3.63) is 82.8 Å². The number of benzene rings is 1. The number of carboxylic acid groups (broad SMARTS) is 1.